The fourth-order valence-electron chi connectivity index (χ4n) is 1.97. The Morgan fingerprint density at radius 1 is 1.56 bits per heavy atom. The third-order valence-corrected chi connectivity index (χ3v) is 3.41. The van der Waals surface area contributed by atoms with Gasteiger partial charge in [-0.1, -0.05) is 15.9 Å². The number of hydrogen-bond donors (Lipinski definition) is 2. The molecule has 1 aliphatic rings. The molecule has 1 atom stereocenters. The molecule has 1 unspecified atom stereocenters. The number of halogens is 1. The van der Waals surface area contributed by atoms with Gasteiger partial charge in [-0.25, -0.2) is 0 Å². The lowest BCUT2D eigenvalue weighted by Gasteiger charge is -2.32. The lowest BCUT2D eigenvalue weighted by Crippen LogP contribution is -2.57. The highest BCUT2D eigenvalue weighted by Crippen LogP contribution is 2.25. The summed E-state index contributed by atoms with van der Waals surface area (Å²) in [5.74, 6) is -1.06. The maximum absolute atomic E-state index is 11.9. The molecule has 1 saturated heterocycles. The number of anilines is 1. The van der Waals surface area contributed by atoms with Crippen molar-refractivity contribution in [1.29, 1.82) is 0 Å². The third-order valence-electron chi connectivity index (χ3n) is 2.91. The second-order valence-corrected chi connectivity index (χ2v) is 5.12. The van der Waals surface area contributed by atoms with E-state index in [2.05, 4.69) is 21.2 Å². The van der Waals surface area contributed by atoms with Crippen LogP contribution in [0.5, 0.6) is 0 Å². The van der Waals surface area contributed by atoms with Crippen molar-refractivity contribution in [3.05, 3.63) is 28.2 Å². The number of piperazine rings is 1. The second kappa shape index (κ2) is 5.07. The number of aliphatic carboxylic acids is 1. The van der Waals surface area contributed by atoms with E-state index < -0.39 is 12.0 Å². The summed E-state index contributed by atoms with van der Waals surface area (Å²) in [5.41, 5.74) is 1.69. The van der Waals surface area contributed by atoms with Crippen LogP contribution in [0.4, 0.5) is 5.69 Å². The molecule has 2 N–H and O–H groups in total. The Morgan fingerprint density at radius 3 is 2.89 bits per heavy atom. The van der Waals surface area contributed by atoms with E-state index in [0.717, 1.165) is 15.7 Å². The number of nitrogens with zero attached hydrogens (tertiary/aromatic N) is 1. The molecule has 0 bridgehead atoms. The van der Waals surface area contributed by atoms with E-state index in [9.17, 15) is 9.59 Å². The molecule has 2 rings (SSSR count). The van der Waals surface area contributed by atoms with Crippen LogP contribution in [0.2, 0.25) is 0 Å². The summed E-state index contributed by atoms with van der Waals surface area (Å²) >= 11 is 3.36. The van der Waals surface area contributed by atoms with Crippen LogP contribution in [-0.2, 0) is 9.59 Å². The number of carboxylic acid groups (broad SMARTS) is 1. The van der Waals surface area contributed by atoms with Crippen LogP contribution in [0, 0.1) is 6.92 Å². The third kappa shape index (κ3) is 2.54. The van der Waals surface area contributed by atoms with Gasteiger partial charge in [0.25, 0.3) is 0 Å². The molecule has 18 heavy (non-hydrogen) atoms. The van der Waals surface area contributed by atoms with Gasteiger partial charge in [0.1, 0.15) is 6.04 Å². The molecule has 0 saturated carbocycles. The van der Waals surface area contributed by atoms with E-state index >= 15 is 0 Å². The molecule has 1 aromatic carbocycles. The predicted molar refractivity (Wildman–Crippen MR) is 70.7 cm³/mol. The molecule has 5 nitrogen and oxygen atoms in total. The average Bonchev–Trinajstić information content (AvgIpc) is 2.30. The van der Waals surface area contributed by atoms with Crippen LogP contribution in [0.15, 0.2) is 22.7 Å². The lowest BCUT2D eigenvalue weighted by atomic mass is 10.1. The van der Waals surface area contributed by atoms with Crippen molar-refractivity contribution in [2.45, 2.75) is 13.0 Å². The Morgan fingerprint density at radius 2 is 2.28 bits per heavy atom. The summed E-state index contributed by atoms with van der Waals surface area (Å²) in [5, 5.41) is 11.7. The van der Waals surface area contributed by atoms with Crippen molar-refractivity contribution >= 4 is 33.5 Å². The molecule has 0 aliphatic carbocycles. The summed E-state index contributed by atoms with van der Waals surface area (Å²) < 4.78 is 0.932. The van der Waals surface area contributed by atoms with Gasteiger partial charge in [-0.05, 0) is 30.7 Å². The number of hydrogen-bond acceptors (Lipinski definition) is 3. The molecule has 1 aromatic rings. The van der Waals surface area contributed by atoms with Crippen LogP contribution >= 0.6 is 15.9 Å². The van der Waals surface area contributed by atoms with Crippen molar-refractivity contribution in [2.75, 3.05) is 18.0 Å². The van der Waals surface area contributed by atoms with Gasteiger partial charge in [0, 0.05) is 10.2 Å². The topological polar surface area (TPSA) is 69.6 Å². The number of aryl methyl sites for hydroxylation is 1. The van der Waals surface area contributed by atoms with Gasteiger partial charge < -0.3 is 10.0 Å². The van der Waals surface area contributed by atoms with Gasteiger partial charge in [-0.15, -0.1) is 0 Å². The molecular formula is C12H13BrN2O3. The van der Waals surface area contributed by atoms with Crippen LogP contribution in [0.1, 0.15) is 5.56 Å². The molecule has 1 aliphatic heterocycles. The molecule has 0 spiro atoms. The SMILES string of the molecule is Cc1cc(Br)ccc1N1CC(C(=O)O)NCC1=O. The highest BCUT2D eigenvalue weighted by Gasteiger charge is 2.30. The van der Waals surface area contributed by atoms with Crippen molar-refractivity contribution in [2.24, 2.45) is 0 Å². The van der Waals surface area contributed by atoms with Crippen molar-refractivity contribution in [3.8, 4) is 0 Å². The fraction of sp³-hybridized carbons (Fsp3) is 0.333. The highest BCUT2D eigenvalue weighted by atomic mass is 79.9. The first-order valence-electron chi connectivity index (χ1n) is 5.52. The first-order valence-corrected chi connectivity index (χ1v) is 6.31. The van der Waals surface area contributed by atoms with Crippen LogP contribution in [-0.4, -0.2) is 36.1 Å². The van der Waals surface area contributed by atoms with E-state index in [4.69, 9.17) is 5.11 Å². The molecule has 1 amide bonds. The van der Waals surface area contributed by atoms with E-state index in [1.54, 1.807) is 0 Å². The zero-order valence-corrected chi connectivity index (χ0v) is 11.4. The first-order chi connectivity index (χ1) is 8.49. The molecule has 0 aromatic heterocycles. The van der Waals surface area contributed by atoms with Crippen molar-refractivity contribution in [3.63, 3.8) is 0 Å². The summed E-state index contributed by atoms with van der Waals surface area (Å²) in [6.07, 6.45) is 0. The number of benzene rings is 1. The molecule has 0 radical (unpaired) electrons. The smallest absolute Gasteiger partial charge is 0.322 e. The lowest BCUT2D eigenvalue weighted by molar-refractivity contribution is -0.139. The largest absolute Gasteiger partial charge is 0.480 e. The number of rotatable bonds is 2. The van der Waals surface area contributed by atoms with E-state index in [1.807, 2.05) is 25.1 Å². The van der Waals surface area contributed by atoms with Gasteiger partial charge in [0.15, 0.2) is 0 Å². The van der Waals surface area contributed by atoms with Crippen molar-refractivity contribution in [1.82, 2.24) is 5.32 Å². The quantitative estimate of drug-likeness (QED) is 0.859. The second-order valence-electron chi connectivity index (χ2n) is 4.21. The molecule has 1 heterocycles. The average molecular weight is 313 g/mol. The number of nitrogens with one attached hydrogen (secondary N) is 1. The number of carbonyl (C=O) groups is 2. The Hall–Kier alpha value is -1.40. The monoisotopic (exact) mass is 312 g/mol. The van der Waals surface area contributed by atoms with E-state index in [-0.39, 0.29) is 19.0 Å². The Kier molecular flexibility index (Phi) is 3.68. The summed E-state index contributed by atoms with van der Waals surface area (Å²) in [6.45, 7) is 2.09. The van der Waals surface area contributed by atoms with Crippen LogP contribution in [0.3, 0.4) is 0 Å². The normalized spacial score (nSPS) is 20.0. The maximum atomic E-state index is 11.9. The zero-order chi connectivity index (χ0) is 13.3. The number of amides is 1. The van der Waals surface area contributed by atoms with Gasteiger partial charge in [0.05, 0.1) is 13.1 Å². The maximum Gasteiger partial charge on any atom is 0.322 e. The minimum absolute atomic E-state index is 0.0481. The Balaban J connectivity index is 2.29. The van der Waals surface area contributed by atoms with Crippen LogP contribution < -0.4 is 10.2 Å². The zero-order valence-electron chi connectivity index (χ0n) is 9.81. The molecular weight excluding hydrogens is 300 g/mol. The fourth-order valence-corrected chi connectivity index (χ4v) is 2.45. The summed E-state index contributed by atoms with van der Waals surface area (Å²) in [6, 6.07) is 4.85. The molecule has 96 valence electrons. The van der Waals surface area contributed by atoms with Crippen molar-refractivity contribution < 1.29 is 14.7 Å². The molecule has 6 heteroatoms. The number of carboxylic acids is 1. The predicted octanol–water partition coefficient (Wildman–Crippen LogP) is 1.15. The highest BCUT2D eigenvalue weighted by molar-refractivity contribution is 9.10. The minimum atomic E-state index is -0.942. The first kappa shape index (κ1) is 13.0. The van der Waals surface area contributed by atoms with Crippen LogP contribution in [0.25, 0.3) is 0 Å². The minimum Gasteiger partial charge on any atom is -0.480 e. The molecule has 1 fully saturated rings. The van der Waals surface area contributed by atoms with Gasteiger partial charge in [-0.3, -0.25) is 14.9 Å². The summed E-state index contributed by atoms with van der Waals surface area (Å²) in [7, 11) is 0. The summed E-state index contributed by atoms with van der Waals surface area (Å²) in [4.78, 5) is 24.4. The number of carbonyl (C=O) groups excluding carboxylic acids is 1. The van der Waals surface area contributed by atoms with Gasteiger partial charge in [-0.2, -0.15) is 0 Å². The van der Waals surface area contributed by atoms with Gasteiger partial charge >= 0.3 is 5.97 Å². The standard InChI is InChI=1S/C12H13BrN2O3/c1-7-4-8(13)2-3-10(7)15-6-9(12(17)18)14-5-11(15)16/h2-4,9,14H,5-6H2,1H3,(H,17,18). The van der Waals surface area contributed by atoms with E-state index in [0.29, 0.717) is 0 Å². The Labute approximate surface area is 113 Å². The Bertz CT molecular complexity index is 504. The van der Waals surface area contributed by atoms with E-state index in [1.165, 1.54) is 4.90 Å². The van der Waals surface area contributed by atoms with Gasteiger partial charge in [0.2, 0.25) is 5.91 Å².